The molecule has 0 N–H and O–H groups in total. The van der Waals surface area contributed by atoms with Crippen LogP contribution in [0, 0.1) is 17.3 Å². The van der Waals surface area contributed by atoms with Crippen LogP contribution >= 0.6 is 0 Å². The molecule has 0 aromatic carbocycles. The van der Waals surface area contributed by atoms with Gasteiger partial charge in [-0.1, -0.05) is 96.8 Å². The van der Waals surface area contributed by atoms with Crippen LogP contribution in [0.15, 0.2) is 0 Å². The first kappa shape index (κ1) is 19.0. The van der Waals surface area contributed by atoms with E-state index in [4.69, 9.17) is 0 Å². The zero-order valence-corrected chi connectivity index (χ0v) is 15.7. The smallest absolute Gasteiger partial charge is 0.126 e. The predicted molar refractivity (Wildman–Crippen MR) is 99.6 cm³/mol. The maximum absolute atomic E-state index is 11.5. The largest absolute Gasteiger partial charge is 0.303 e. The van der Waals surface area contributed by atoms with Gasteiger partial charge in [-0.15, -0.1) is 0 Å². The zero-order valence-electron chi connectivity index (χ0n) is 15.7. The van der Waals surface area contributed by atoms with Crippen molar-refractivity contribution < 1.29 is 4.79 Å². The molecule has 134 valence electrons. The van der Waals surface area contributed by atoms with Crippen molar-refractivity contribution in [2.75, 3.05) is 0 Å². The Labute approximate surface area is 145 Å². The lowest BCUT2D eigenvalue weighted by Crippen LogP contribution is -2.25. The van der Waals surface area contributed by atoms with E-state index >= 15 is 0 Å². The monoisotopic (exact) mass is 320 g/mol. The molecule has 0 bridgehead atoms. The molecule has 2 saturated carbocycles. The van der Waals surface area contributed by atoms with Crippen molar-refractivity contribution in [3.05, 3.63) is 0 Å². The fourth-order valence-electron chi connectivity index (χ4n) is 5.08. The van der Waals surface area contributed by atoms with Crippen molar-refractivity contribution in [1.29, 1.82) is 0 Å². The lowest BCUT2D eigenvalue weighted by molar-refractivity contribution is -0.118. The second-order valence-corrected chi connectivity index (χ2v) is 8.67. The van der Waals surface area contributed by atoms with E-state index in [0.717, 1.165) is 11.8 Å². The molecule has 0 radical (unpaired) electrons. The topological polar surface area (TPSA) is 17.1 Å². The molecule has 1 nitrogen and oxygen atoms in total. The fraction of sp³-hybridized carbons (Fsp3) is 0.955. The third-order valence-electron chi connectivity index (χ3n) is 6.82. The number of rotatable bonds is 10. The first-order valence-electron chi connectivity index (χ1n) is 10.7. The summed E-state index contributed by atoms with van der Waals surface area (Å²) in [4.78, 5) is 11.5. The Hall–Kier alpha value is -0.330. The van der Waals surface area contributed by atoms with Crippen LogP contribution in [0.4, 0.5) is 0 Å². The van der Waals surface area contributed by atoms with E-state index in [-0.39, 0.29) is 5.41 Å². The maximum atomic E-state index is 11.5. The van der Waals surface area contributed by atoms with Gasteiger partial charge in [-0.25, -0.2) is 0 Å². The molecule has 1 heteroatoms. The summed E-state index contributed by atoms with van der Waals surface area (Å²) in [5.41, 5.74) is 0.0786. The third-order valence-corrected chi connectivity index (χ3v) is 6.82. The minimum absolute atomic E-state index is 0.0786. The number of carbonyl (C=O) groups is 1. The number of hydrogen-bond acceptors (Lipinski definition) is 1. The number of carbonyl (C=O) groups excluding carboxylic acids is 1. The van der Waals surface area contributed by atoms with Crippen LogP contribution < -0.4 is 0 Å². The van der Waals surface area contributed by atoms with Gasteiger partial charge in [-0.2, -0.15) is 0 Å². The van der Waals surface area contributed by atoms with Crippen LogP contribution in [-0.2, 0) is 4.79 Å². The van der Waals surface area contributed by atoms with Gasteiger partial charge in [0.05, 0.1) is 0 Å². The van der Waals surface area contributed by atoms with Gasteiger partial charge < -0.3 is 4.79 Å². The van der Waals surface area contributed by atoms with Crippen molar-refractivity contribution in [3.8, 4) is 0 Å². The van der Waals surface area contributed by atoms with Crippen molar-refractivity contribution >= 4 is 6.29 Å². The van der Waals surface area contributed by atoms with E-state index in [1.807, 2.05) is 0 Å². The molecule has 0 atom stereocenters. The second-order valence-electron chi connectivity index (χ2n) is 8.67. The summed E-state index contributed by atoms with van der Waals surface area (Å²) in [7, 11) is 0. The Morgan fingerprint density at radius 3 is 1.91 bits per heavy atom. The Morgan fingerprint density at radius 1 is 0.826 bits per heavy atom. The van der Waals surface area contributed by atoms with E-state index in [1.165, 1.54) is 115 Å². The van der Waals surface area contributed by atoms with E-state index in [9.17, 15) is 4.79 Å². The van der Waals surface area contributed by atoms with Crippen molar-refractivity contribution in [2.45, 2.75) is 116 Å². The van der Waals surface area contributed by atoms with Crippen LogP contribution in [0.5, 0.6) is 0 Å². The van der Waals surface area contributed by atoms with E-state index in [1.54, 1.807) is 0 Å². The van der Waals surface area contributed by atoms with Crippen LogP contribution in [-0.4, -0.2) is 6.29 Å². The highest BCUT2D eigenvalue weighted by molar-refractivity contribution is 5.59. The second kappa shape index (κ2) is 10.5. The maximum Gasteiger partial charge on any atom is 0.126 e. The molecule has 2 fully saturated rings. The molecule has 2 aliphatic rings. The molecule has 0 aromatic rings. The molecule has 2 rings (SSSR count). The molecular weight excluding hydrogens is 280 g/mol. The van der Waals surface area contributed by atoms with Crippen LogP contribution in [0.2, 0.25) is 0 Å². The summed E-state index contributed by atoms with van der Waals surface area (Å²) in [5.74, 6) is 2.04. The van der Waals surface area contributed by atoms with Gasteiger partial charge in [0.15, 0.2) is 0 Å². The quantitative estimate of drug-likeness (QED) is 0.310. The van der Waals surface area contributed by atoms with E-state index < -0.39 is 0 Å². The normalized spacial score (nSPS) is 27.7. The molecule has 0 aliphatic heterocycles. The first-order valence-corrected chi connectivity index (χ1v) is 10.7. The summed E-state index contributed by atoms with van der Waals surface area (Å²) in [6, 6.07) is 0. The van der Waals surface area contributed by atoms with E-state index in [2.05, 4.69) is 6.92 Å². The highest BCUT2D eigenvalue weighted by Crippen LogP contribution is 2.40. The Bertz CT molecular complexity index is 308. The molecule has 0 aromatic heterocycles. The molecule has 0 amide bonds. The zero-order chi connectivity index (χ0) is 16.4. The molecule has 0 unspecified atom stereocenters. The van der Waals surface area contributed by atoms with Crippen molar-refractivity contribution in [1.82, 2.24) is 0 Å². The summed E-state index contributed by atoms with van der Waals surface area (Å²) in [6.07, 6.45) is 24.5. The SMILES string of the molecule is CCCCC[C@H]1CC[C@H](CCCCC2(C=O)CCCCC2)CC1. The molecule has 0 spiro atoms. The molecule has 0 heterocycles. The lowest BCUT2D eigenvalue weighted by atomic mass is 9.71. The third kappa shape index (κ3) is 6.59. The van der Waals surface area contributed by atoms with Gasteiger partial charge in [0.1, 0.15) is 6.29 Å². The van der Waals surface area contributed by atoms with Gasteiger partial charge in [-0.3, -0.25) is 0 Å². The summed E-state index contributed by atoms with van der Waals surface area (Å²) >= 11 is 0. The number of aldehydes is 1. The van der Waals surface area contributed by atoms with Gasteiger partial charge in [0.2, 0.25) is 0 Å². The van der Waals surface area contributed by atoms with E-state index in [0.29, 0.717) is 0 Å². The first-order chi connectivity index (χ1) is 11.3. The molecule has 23 heavy (non-hydrogen) atoms. The summed E-state index contributed by atoms with van der Waals surface area (Å²) in [6.45, 7) is 2.30. The van der Waals surface area contributed by atoms with Gasteiger partial charge in [0, 0.05) is 5.41 Å². The van der Waals surface area contributed by atoms with Crippen molar-refractivity contribution in [2.24, 2.45) is 17.3 Å². The molecule has 2 aliphatic carbocycles. The van der Waals surface area contributed by atoms with Crippen LogP contribution in [0.25, 0.3) is 0 Å². The Kier molecular flexibility index (Phi) is 8.69. The van der Waals surface area contributed by atoms with Crippen LogP contribution in [0.3, 0.4) is 0 Å². The predicted octanol–water partition coefficient (Wildman–Crippen LogP) is 7.08. The summed E-state index contributed by atoms with van der Waals surface area (Å²) in [5, 5.41) is 0. The fourth-order valence-corrected chi connectivity index (χ4v) is 5.08. The highest BCUT2D eigenvalue weighted by Gasteiger charge is 2.31. The van der Waals surface area contributed by atoms with Gasteiger partial charge in [-0.05, 0) is 31.1 Å². The average Bonchev–Trinajstić information content (AvgIpc) is 2.61. The molecular formula is C22H40O. The highest BCUT2D eigenvalue weighted by atomic mass is 16.1. The standard InChI is InChI=1S/C22H40O/c1-2-3-5-10-20-12-14-21(15-13-20)11-6-9-18-22(19-23)16-7-4-8-17-22/h19-21H,2-18H2,1H3/t20-,21-. The number of hydrogen-bond donors (Lipinski definition) is 0. The Morgan fingerprint density at radius 2 is 1.39 bits per heavy atom. The van der Waals surface area contributed by atoms with Crippen LogP contribution in [0.1, 0.15) is 116 Å². The average molecular weight is 321 g/mol. The minimum Gasteiger partial charge on any atom is -0.303 e. The number of unbranched alkanes of at least 4 members (excludes halogenated alkanes) is 3. The van der Waals surface area contributed by atoms with Gasteiger partial charge >= 0.3 is 0 Å². The lowest BCUT2D eigenvalue weighted by Gasteiger charge is -2.32. The van der Waals surface area contributed by atoms with Gasteiger partial charge in [0.25, 0.3) is 0 Å². The summed E-state index contributed by atoms with van der Waals surface area (Å²) < 4.78 is 0. The Balaban J connectivity index is 1.54. The van der Waals surface area contributed by atoms with Crippen molar-refractivity contribution in [3.63, 3.8) is 0 Å². The minimum atomic E-state index is 0.0786. The molecule has 0 saturated heterocycles.